The number of piperidine rings is 1. The number of fused-ring (bicyclic) bond motifs is 1. The average Bonchev–Trinajstić information content (AvgIpc) is 3.36. The third kappa shape index (κ3) is 5.78. The highest BCUT2D eigenvalue weighted by atomic mass is 32.2. The SMILES string of the molecule is CC1CN(C(=O)c2cnc3c(C(=O)NS(C)(=O)=O)cnn3c2NCc2ccccc2)CCC1c1ccccc1. The number of nitrogens with one attached hydrogen (secondary N) is 2. The molecule has 2 unspecified atom stereocenters. The van der Waals surface area contributed by atoms with Crippen LogP contribution >= 0.6 is 0 Å². The minimum Gasteiger partial charge on any atom is -0.365 e. The fourth-order valence-electron chi connectivity index (χ4n) is 5.12. The van der Waals surface area contributed by atoms with Gasteiger partial charge in [0.25, 0.3) is 11.8 Å². The van der Waals surface area contributed by atoms with E-state index in [-0.39, 0.29) is 23.0 Å². The molecule has 2 aromatic heterocycles. The predicted octanol–water partition coefficient (Wildman–Crippen LogP) is 3.30. The fourth-order valence-corrected chi connectivity index (χ4v) is 5.57. The van der Waals surface area contributed by atoms with Crippen LogP contribution in [0.25, 0.3) is 5.65 Å². The maximum atomic E-state index is 13.8. The number of aromatic nitrogens is 3. The summed E-state index contributed by atoms with van der Waals surface area (Å²) in [7, 11) is -3.78. The number of hydrogen-bond donors (Lipinski definition) is 2. The van der Waals surface area contributed by atoms with Gasteiger partial charge in [0.1, 0.15) is 16.9 Å². The second-order valence-electron chi connectivity index (χ2n) is 9.89. The van der Waals surface area contributed by atoms with Gasteiger partial charge in [-0.2, -0.15) is 9.61 Å². The molecule has 2 amide bonds. The first kappa shape index (κ1) is 26.4. The summed E-state index contributed by atoms with van der Waals surface area (Å²) in [5.74, 6) is -0.0157. The molecule has 2 atom stereocenters. The van der Waals surface area contributed by atoms with E-state index in [1.165, 1.54) is 22.5 Å². The number of likely N-dealkylation sites (tertiary alicyclic amines) is 1. The quantitative estimate of drug-likeness (QED) is 0.364. The summed E-state index contributed by atoms with van der Waals surface area (Å²) in [6.45, 7) is 3.75. The molecule has 10 nitrogen and oxygen atoms in total. The Labute approximate surface area is 227 Å². The molecule has 1 aliphatic heterocycles. The van der Waals surface area contributed by atoms with Gasteiger partial charge in [0.2, 0.25) is 10.0 Å². The first-order valence-electron chi connectivity index (χ1n) is 12.7. The molecule has 2 aromatic carbocycles. The molecule has 1 fully saturated rings. The van der Waals surface area contributed by atoms with Crippen molar-refractivity contribution in [1.29, 1.82) is 0 Å². The summed E-state index contributed by atoms with van der Waals surface area (Å²) in [5, 5.41) is 7.60. The smallest absolute Gasteiger partial charge is 0.270 e. The second-order valence-corrected chi connectivity index (χ2v) is 11.6. The number of rotatable bonds is 7. The van der Waals surface area contributed by atoms with Crippen LogP contribution in [-0.4, -0.2) is 59.1 Å². The molecule has 1 aliphatic rings. The van der Waals surface area contributed by atoms with Crippen LogP contribution in [0.4, 0.5) is 5.82 Å². The Morgan fingerprint density at radius 2 is 1.69 bits per heavy atom. The van der Waals surface area contributed by atoms with E-state index >= 15 is 0 Å². The standard InChI is InChI=1S/C28H30N6O4S/c1-19-18-33(14-13-22(19)21-11-7-4-8-12-21)28(36)24-16-30-25-23(27(35)32-39(2,37)38)17-31-34(25)26(24)29-15-20-9-5-3-6-10-20/h3-12,16-17,19,22,29H,13-15,18H2,1-2H3,(H,32,35). The lowest BCUT2D eigenvalue weighted by atomic mass is 9.81. The van der Waals surface area contributed by atoms with E-state index < -0.39 is 15.9 Å². The van der Waals surface area contributed by atoms with Gasteiger partial charge >= 0.3 is 0 Å². The van der Waals surface area contributed by atoms with Gasteiger partial charge in [-0.1, -0.05) is 67.6 Å². The molecule has 0 bridgehead atoms. The number of sulfonamides is 1. The third-order valence-electron chi connectivity index (χ3n) is 7.00. The molecule has 5 rings (SSSR count). The minimum absolute atomic E-state index is 0.0144. The van der Waals surface area contributed by atoms with Gasteiger partial charge in [0.15, 0.2) is 5.65 Å². The maximum Gasteiger partial charge on any atom is 0.270 e. The minimum atomic E-state index is -3.78. The van der Waals surface area contributed by atoms with Crippen molar-refractivity contribution in [3.63, 3.8) is 0 Å². The van der Waals surface area contributed by atoms with Gasteiger partial charge in [-0.3, -0.25) is 9.59 Å². The highest BCUT2D eigenvalue weighted by molar-refractivity contribution is 7.89. The highest BCUT2D eigenvalue weighted by Gasteiger charge is 2.32. The van der Waals surface area contributed by atoms with Gasteiger partial charge in [0, 0.05) is 25.8 Å². The van der Waals surface area contributed by atoms with Crippen molar-refractivity contribution >= 4 is 33.3 Å². The highest BCUT2D eigenvalue weighted by Crippen LogP contribution is 2.34. The lowest BCUT2D eigenvalue weighted by Crippen LogP contribution is -2.42. The number of carbonyl (C=O) groups excluding carboxylic acids is 2. The zero-order chi connectivity index (χ0) is 27.6. The topological polar surface area (TPSA) is 126 Å². The van der Waals surface area contributed by atoms with E-state index in [0.717, 1.165) is 18.2 Å². The monoisotopic (exact) mass is 546 g/mol. The van der Waals surface area contributed by atoms with Crippen molar-refractivity contribution in [3.8, 4) is 0 Å². The Bertz CT molecular complexity index is 1610. The molecule has 4 aromatic rings. The van der Waals surface area contributed by atoms with Crippen LogP contribution in [0.3, 0.4) is 0 Å². The largest absolute Gasteiger partial charge is 0.365 e. The van der Waals surface area contributed by atoms with Gasteiger partial charge in [0.05, 0.1) is 12.5 Å². The zero-order valence-electron chi connectivity index (χ0n) is 21.7. The average molecular weight is 547 g/mol. The lowest BCUT2D eigenvalue weighted by molar-refractivity contribution is 0.0660. The molecule has 1 saturated heterocycles. The van der Waals surface area contributed by atoms with Crippen LogP contribution in [0, 0.1) is 5.92 Å². The fraction of sp³-hybridized carbons (Fsp3) is 0.286. The molecule has 0 saturated carbocycles. The zero-order valence-corrected chi connectivity index (χ0v) is 22.6. The third-order valence-corrected chi connectivity index (χ3v) is 7.56. The van der Waals surface area contributed by atoms with Crippen molar-refractivity contribution in [2.75, 3.05) is 24.7 Å². The predicted molar refractivity (Wildman–Crippen MR) is 148 cm³/mol. The van der Waals surface area contributed by atoms with Crippen LogP contribution in [0.5, 0.6) is 0 Å². The van der Waals surface area contributed by atoms with Gasteiger partial charge in [-0.15, -0.1) is 0 Å². The summed E-state index contributed by atoms with van der Waals surface area (Å²) in [5.41, 5.74) is 2.71. The van der Waals surface area contributed by atoms with Crippen LogP contribution in [0.2, 0.25) is 0 Å². The Morgan fingerprint density at radius 1 is 1.00 bits per heavy atom. The number of benzene rings is 2. The molecule has 11 heteroatoms. The van der Waals surface area contributed by atoms with Crippen LogP contribution in [-0.2, 0) is 16.6 Å². The second kappa shape index (κ2) is 10.9. The van der Waals surface area contributed by atoms with E-state index in [9.17, 15) is 18.0 Å². The maximum absolute atomic E-state index is 13.8. The van der Waals surface area contributed by atoms with E-state index in [0.29, 0.717) is 36.9 Å². The van der Waals surface area contributed by atoms with Gasteiger partial charge in [-0.05, 0) is 29.4 Å². The van der Waals surface area contributed by atoms with Crippen molar-refractivity contribution in [1.82, 2.24) is 24.2 Å². The number of amides is 2. The summed E-state index contributed by atoms with van der Waals surface area (Å²) < 4.78 is 26.6. The van der Waals surface area contributed by atoms with Crippen molar-refractivity contribution in [2.45, 2.75) is 25.8 Å². The molecular weight excluding hydrogens is 516 g/mol. The number of carbonyl (C=O) groups is 2. The Hall–Kier alpha value is -4.25. The van der Waals surface area contributed by atoms with Crippen LogP contribution in [0.1, 0.15) is 51.1 Å². The van der Waals surface area contributed by atoms with E-state index in [1.807, 2.05) is 58.2 Å². The first-order valence-corrected chi connectivity index (χ1v) is 14.6. The first-order chi connectivity index (χ1) is 18.7. The molecule has 3 heterocycles. The molecular formula is C28H30N6O4S. The number of nitrogens with zero attached hydrogens (tertiary/aromatic N) is 4. The summed E-state index contributed by atoms with van der Waals surface area (Å²) in [6, 6.07) is 20.0. The number of anilines is 1. The van der Waals surface area contributed by atoms with Gasteiger partial charge < -0.3 is 10.2 Å². The van der Waals surface area contributed by atoms with Crippen molar-refractivity contribution in [2.24, 2.45) is 5.92 Å². The van der Waals surface area contributed by atoms with Crippen LogP contribution in [0.15, 0.2) is 73.1 Å². The molecule has 0 radical (unpaired) electrons. The van der Waals surface area contributed by atoms with Crippen molar-refractivity contribution in [3.05, 3.63) is 95.3 Å². The normalized spacial score (nSPS) is 17.6. The van der Waals surface area contributed by atoms with E-state index in [1.54, 1.807) is 0 Å². The Balaban J connectivity index is 1.46. The van der Waals surface area contributed by atoms with Crippen LogP contribution < -0.4 is 10.0 Å². The summed E-state index contributed by atoms with van der Waals surface area (Å²) in [6.07, 6.45) is 4.42. The molecule has 202 valence electrons. The summed E-state index contributed by atoms with van der Waals surface area (Å²) in [4.78, 5) is 32.6. The van der Waals surface area contributed by atoms with E-state index in [2.05, 4.69) is 34.5 Å². The number of hydrogen-bond acceptors (Lipinski definition) is 7. The van der Waals surface area contributed by atoms with E-state index in [4.69, 9.17) is 0 Å². The van der Waals surface area contributed by atoms with Crippen molar-refractivity contribution < 1.29 is 18.0 Å². The lowest BCUT2D eigenvalue weighted by Gasteiger charge is -2.37. The molecule has 0 aliphatic carbocycles. The molecule has 0 spiro atoms. The Morgan fingerprint density at radius 3 is 2.36 bits per heavy atom. The summed E-state index contributed by atoms with van der Waals surface area (Å²) >= 11 is 0. The Kier molecular flexibility index (Phi) is 7.34. The molecule has 39 heavy (non-hydrogen) atoms. The molecule has 2 N–H and O–H groups in total. The van der Waals surface area contributed by atoms with Gasteiger partial charge in [-0.25, -0.2) is 18.1 Å².